The maximum absolute atomic E-state index is 12.4. The minimum atomic E-state index is -3.83. The number of amides is 1. The molecule has 1 heterocycles. The molecule has 116 valence electrons. The van der Waals surface area contributed by atoms with Crippen LogP contribution in [0.25, 0.3) is 0 Å². The van der Waals surface area contributed by atoms with Gasteiger partial charge >= 0.3 is 0 Å². The SMILES string of the molecule is CC(C)C(=O)N1CC(C)(C)Oc2ccc(S(N)(=O)=O)cc21. The molecule has 1 amide bonds. The average molecular weight is 312 g/mol. The second-order valence-electron chi connectivity index (χ2n) is 6.12. The van der Waals surface area contributed by atoms with Crippen LogP contribution in [0, 0.1) is 5.92 Å². The molecule has 2 N–H and O–H groups in total. The van der Waals surface area contributed by atoms with Crippen LogP contribution < -0.4 is 14.8 Å². The van der Waals surface area contributed by atoms with E-state index < -0.39 is 15.6 Å². The molecule has 21 heavy (non-hydrogen) atoms. The van der Waals surface area contributed by atoms with E-state index in [1.165, 1.54) is 18.2 Å². The molecule has 0 atom stereocenters. The summed E-state index contributed by atoms with van der Waals surface area (Å²) in [5, 5.41) is 5.15. The van der Waals surface area contributed by atoms with E-state index in [1.54, 1.807) is 18.7 Å². The molecule has 1 aromatic rings. The third-order valence-electron chi connectivity index (χ3n) is 3.23. The molecular formula is C14H20N2O4S. The van der Waals surface area contributed by atoms with Crippen molar-refractivity contribution in [2.75, 3.05) is 11.4 Å². The highest BCUT2D eigenvalue weighted by molar-refractivity contribution is 7.89. The number of primary sulfonamides is 1. The van der Waals surface area contributed by atoms with Crippen molar-refractivity contribution in [3.05, 3.63) is 18.2 Å². The molecule has 0 aromatic heterocycles. The van der Waals surface area contributed by atoms with Gasteiger partial charge in [0.1, 0.15) is 11.4 Å². The number of sulfonamides is 1. The van der Waals surface area contributed by atoms with Crippen LogP contribution in [0.2, 0.25) is 0 Å². The Hall–Kier alpha value is -1.60. The highest BCUT2D eigenvalue weighted by Gasteiger charge is 2.36. The van der Waals surface area contributed by atoms with Gasteiger partial charge in [-0.3, -0.25) is 4.79 Å². The third kappa shape index (κ3) is 3.19. The summed E-state index contributed by atoms with van der Waals surface area (Å²) in [6.45, 7) is 7.71. The van der Waals surface area contributed by atoms with Crippen LogP contribution in [0.3, 0.4) is 0 Å². The number of carbonyl (C=O) groups excluding carboxylic acids is 1. The first-order chi connectivity index (χ1) is 9.51. The first kappa shape index (κ1) is 15.8. The van der Waals surface area contributed by atoms with Gasteiger partial charge < -0.3 is 9.64 Å². The Balaban J connectivity index is 2.58. The first-order valence-corrected chi connectivity index (χ1v) is 8.23. The van der Waals surface area contributed by atoms with Crippen LogP contribution in [0.1, 0.15) is 27.7 Å². The van der Waals surface area contributed by atoms with E-state index in [9.17, 15) is 13.2 Å². The monoisotopic (exact) mass is 312 g/mol. The molecule has 0 aliphatic carbocycles. The lowest BCUT2D eigenvalue weighted by Gasteiger charge is -2.40. The molecule has 0 bridgehead atoms. The smallest absolute Gasteiger partial charge is 0.238 e. The van der Waals surface area contributed by atoms with Gasteiger partial charge in [-0.25, -0.2) is 13.6 Å². The average Bonchev–Trinajstić information content (AvgIpc) is 2.34. The fourth-order valence-corrected chi connectivity index (χ4v) is 2.81. The van der Waals surface area contributed by atoms with Crippen molar-refractivity contribution in [3.8, 4) is 5.75 Å². The lowest BCUT2D eigenvalue weighted by Crippen LogP contribution is -2.50. The zero-order valence-electron chi connectivity index (χ0n) is 12.6. The number of carbonyl (C=O) groups is 1. The first-order valence-electron chi connectivity index (χ1n) is 6.68. The number of ether oxygens (including phenoxy) is 1. The van der Waals surface area contributed by atoms with Gasteiger partial charge in [0.15, 0.2) is 0 Å². The van der Waals surface area contributed by atoms with Crippen LogP contribution in [0.4, 0.5) is 5.69 Å². The van der Waals surface area contributed by atoms with Crippen molar-refractivity contribution in [1.29, 1.82) is 0 Å². The largest absolute Gasteiger partial charge is 0.484 e. The van der Waals surface area contributed by atoms with E-state index in [0.29, 0.717) is 18.0 Å². The summed E-state index contributed by atoms with van der Waals surface area (Å²) in [6.07, 6.45) is 0. The van der Waals surface area contributed by atoms with Crippen LogP contribution in [0.15, 0.2) is 23.1 Å². The number of benzene rings is 1. The number of hydrogen-bond acceptors (Lipinski definition) is 4. The molecule has 0 spiro atoms. The predicted molar refractivity (Wildman–Crippen MR) is 79.7 cm³/mol. The van der Waals surface area contributed by atoms with Crippen molar-refractivity contribution in [2.24, 2.45) is 11.1 Å². The van der Waals surface area contributed by atoms with Gasteiger partial charge in [-0.05, 0) is 32.0 Å². The van der Waals surface area contributed by atoms with E-state index in [-0.39, 0.29) is 16.7 Å². The predicted octanol–water partition coefficient (Wildman–Crippen LogP) is 1.49. The second kappa shape index (κ2) is 4.99. The Morgan fingerprint density at radius 1 is 1.38 bits per heavy atom. The Labute approximate surface area is 124 Å². The molecule has 6 nitrogen and oxygen atoms in total. The molecule has 0 saturated heterocycles. The molecule has 7 heteroatoms. The summed E-state index contributed by atoms with van der Waals surface area (Å²) in [7, 11) is -3.83. The van der Waals surface area contributed by atoms with Gasteiger partial charge in [-0.15, -0.1) is 0 Å². The van der Waals surface area contributed by atoms with E-state index in [4.69, 9.17) is 9.88 Å². The van der Waals surface area contributed by atoms with Gasteiger partial charge in [0.2, 0.25) is 15.9 Å². The quantitative estimate of drug-likeness (QED) is 0.896. The number of fused-ring (bicyclic) bond motifs is 1. The third-order valence-corrected chi connectivity index (χ3v) is 4.15. The van der Waals surface area contributed by atoms with Crippen molar-refractivity contribution < 1.29 is 17.9 Å². The zero-order chi connectivity index (χ0) is 16.0. The second-order valence-corrected chi connectivity index (χ2v) is 7.68. The number of nitrogens with zero attached hydrogens (tertiary/aromatic N) is 1. The molecule has 1 aliphatic heterocycles. The van der Waals surface area contributed by atoms with Crippen LogP contribution >= 0.6 is 0 Å². The van der Waals surface area contributed by atoms with Crippen molar-refractivity contribution in [1.82, 2.24) is 0 Å². The molecule has 1 aliphatic rings. The van der Waals surface area contributed by atoms with Crippen molar-refractivity contribution >= 4 is 21.6 Å². The highest BCUT2D eigenvalue weighted by Crippen LogP contribution is 2.38. The standard InChI is InChI=1S/C14H20N2O4S/c1-9(2)13(17)16-8-14(3,4)20-12-6-5-10(7-11(12)16)21(15,18)19/h5-7,9H,8H2,1-4H3,(H2,15,18,19). The summed E-state index contributed by atoms with van der Waals surface area (Å²) in [5.74, 6) is 0.191. The van der Waals surface area contributed by atoms with Crippen LogP contribution in [0.5, 0.6) is 5.75 Å². The van der Waals surface area contributed by atoms with Crippen molar-refractivity contribution in [3.63, 3.8) is 0 Å². The highest BCUT2D eigenvalue weighted by atomic mass is 32.2. The molecule has 2 rings (SSSR count). The Morgan fingerprint density at radius 3 is 2.52 bits per heavy atom. The molecule has 0 saturated carbocycles. The Kier molecular flexibility index (Phi) is 3.75. The maximum Gasteiger partial charge on any atom is 0.238 e. The normalized spacial score (nSPS) is 17.3. The number of anilines is 1. The lowest BCUT2D eigenvalue weighted by atomic mass is 10.0. The van der Waals surface area contributed by atoms with Crippen molar-refractivity contribution in [2.45, 2.75) is 38.2 Å². The topological polar surface area (TPSA) is 89.7 Å². The van der Waals surface area contributed by atoms with Crippen LogP contribution in [-0.4, -0.2) is 26.5 Å². The maximum atomic E-state index is 12.4. The molecule has 0 fully saturated rings. The fourth-order valence-electron chi connectivity index (χ4n) is 2.28. The summed E-state index contributed by atoms with van der Waals surface area (Å²) in [4.78, 5) is 13.9. The summed E-state index contributed by atoms with van der Waals surface area (Å²) in [6, 6.07) is 4.31. The van der Waals surface area contributed by atoms with E-state index >= 15 is 0 Å². The summed E-state index contributed by atoms with van der Waals surface area (Å²) in [5.41, 5.74) is -0.0970. The lowest BCUT2D eigenvalue weighted by molar-refractivity contribution is -0.122. The van der Waals surface area contributed by atoms with Gasteiger partial charge in [0.05, 0.1) is 17.1 Å². The molecule has 0 unspecified atom stereocenters. The fraction of sp³-hybridized carbons (Fsp3) is 0.500. The van der Waals surface area contributed by atoms with Gasteiger partial charge in [-0.2, -0.15) is 0 Å². The molecule has 1 aromatic carbocycles. The minimum Gasteiger partial charge on any atom is -0.484 e. The molecule has 0 radical (unpaired) electrons. The van der Waals surface area contributed by atoms with E-state index in [0.717, 1.165) is 0 Å². The molecular weight excluding hydrogens is 292 g/mol. The minimum absolute atomic E-state index is 0.0360. The van der Waals surface area contributed by atoms with E-state index in [1.807, 2.05) is 13.8 Å². The van der Waals surface area contributed by atoms with E-state index in [2.05, 4.69) is 0 Å². The Bertz CT molecular complexity index is 680. The van der Waals surface area contributed by atoms with Gasteiger partial charge in [0.25, 0.3) is 0 Å². The number of rotatable bonds is 2. The van der Waals surface area contributed by atoms with Gasteiger partial charge in [0, 0.05) is 5.92 Å². The number of nitrogens with two attached hydrogens (primary N) is 1. The summed E-state index contributed by atoms with van der Waals surface area (Å²) < 4.78 is 28.8. The summed E-state index contributed by atoms with van der Waals surface area (Å²) >= 11 is 0. The number of hydrogen-bond donors (Lipinski definition) is 1. The van der Waals surface area contributed by atoms with Gasteiger partial charge in [-0.1, -0.05) is 13.8 Å². The Morgan fingerprint density at radius 2 is 2.00 bits per heavy atom. The zero-order valence-corrected chi connectivity index (χ0v) is 13.4. The van der Waals surface area contributed by atoms with Crippen LogP contribution in [-0.2, 0) is 14.8 Å².